The predicted octanol–water partition coefficient (Wildman–Crippen LogP) is 8.14. The minimum atomic E-state index is -7.05. The molecular formula is C20H11BrF11NO2. The van der Waals surface area contributed by atoms with Gasteiger partial charge in [0.15, 0.2) is 11.4 Å². The highest BCUT2D eigenvalue weighted by Crippen LogP contribution is 2.60. The Labute approximate surface area is 197 Å². The van der Waals surface area contributed by atoms with Gasteiger partial charge in [0.1, 0.15) is 12.2 Å². The summed E-state index contributed by atoms with van der Waals surface area (Å²) in [6, 6.07) is 4.96. The lowest BCUT2D eigenvalue weighted by atomic mass is 9.87. The fourth-order valence-corrected chi connectivity index (χ4v) is 4.35. The number of ether oxygens (including phenoxy) is 1. The van der Waals surface area contributed by atoms with Crippen molar-refractivity contribution >= 4 is 33.4 Å². The number of alkyl halides is 11. The Kier molecular flexibility index (Phi) is 6.70. The highest BCUT2D eigenvalue weighted by molar-refractivity contribution is 9.10. The first kappa shape index (κ1) is 27.2. The molecule has 0 bridgehead atoms. The van der Waals surface area contributed by atoms with Crippen molar-refractivity contribution in [3.05, 3.63) is 63.3 Å². The molecule has 0 aliphatic carbocycles. The maximum atomic E-state index is 15.0. The lowest BCUT2D eigenvalue weighted by molar-refractivity contribution is -0.389. The first-order valence-corrected chi connectivity index (χ1v) is 10.0. The van der Waals surface area contributed by atoms with Gasteiger partial charge in [-0.25, -0.2) is 4.39 Å². The Morgan fingerprint density at radius 2 is 1.51 bits per heavy atom. The van der Waals surface area contributed by atoms with E-state index in [1.165, 1.54) is 36.4 Å². The third-order valence-electron chi connectivity index (χ3n) is 5.17. The summed E-state index contributed by atoms with van der Waals surface area (Å²) in [7, 11) is 0. The van der Waals surface area contributed by atoms with Gasteiger partial charge in [0.05, 0.1) is 4.47 Å². The maximum Gasteiger partial charge on any atom is 0.457 e. The molecule has 0 amide bonds. The Bertz CT molecular complexity index is 1150. The molecule has 0 radical (unpaired) electrons. The monoisotopic (exact) mass is 585 g/mol. The Morgan fingerprint density at radius 1 is 0.914 bits per heavy atom. The van der Waals surface area contributed by atoms with Crippen molar-refractivity contribution in [2.75, 3.05) is 6.54 Å². The Morgan fingerprint density at radius 3 is 2.06 bits per heavy atom. The molecule has 0 N–H and O–H groups in total. The van der Waals surface area contributed by atoms with Crippen molar-refractivity contribution in [3.63, 3.8) is 0 Å². The van der Waals surface area contributed by atoms with Crippen LogP contribution in [0.5, 0.6) is 5.75 Å². The normalized spacial score (nSPS) is 20.5. The summed E-state index contributed by atoms with van der Waals surface area (Å²) in [5.74, 6) is -8.58. The van der Waals surface area contributed by atoms with Crippen LogP contribution in [0.4, 0.5) is 59.7 Å². The van der Waals surface area contributed by atoms with E-state index < -0.39 is 69.3 Å². The third kappa shape index (κ3) is 4.27. The zero-order valence-electron chi connectivity index (χ0n) is 16.7. The van der Waals surface area contributed by atoms with Gasteiger partial charge in [-0.2, -0.15) is 43.9 Å². The van der Waals surface area contributed by atoms with Crippen LogP contribution in [0.15, 0.2) is 46.9 Å². The molecule has 1 heterocycles. The summed E-state index contributed by atoms with van der Waals surface area (Å²) in [5, 5.41) is 13.8. The van der Waals surface area contributed by atoms with Gasteiger partial charge in [-0.05, 0) is 46.3 Å². The molecule has 0 saturated carbocycles. The van der Waals surface area contributed by atoms with Gasteiger partial charge in [-0.15, -0.1) is 0 Å². The molecule has 2 aromatic rings. The number of hydroxylamine groups is 1. The molecule has 15 heteroatoms. The maximum absolute atomic E-state index is 15.0. The fourth-order valence-electron chi connectivity index (χ4n) is 3.62. The molecule has 3 nitrogen and oxygen atoms in total. The number of halogens is 12. The van der Waals surface area contributed by atoms with Gasteiger partial charge in [-0.3, -0.25) is 4.65 Å². The molecule has 0 aromatic heterocycles. The van der Waals surface area contributed by atoms with E-state index in [1.807, 2.05) is 0 Å². The van der Waals surface area contributed by atoms with Crippen molar-refractivity contribution in [2.45, 2.75) is 30.6 Å². The zero-order chi connectivity index (χ0) is 26.6. The molecule has 2 atom stereocenters. The Hall–Kier alpha value is -2.39. The zero-order valence-corrected chi connectivity index (χ0v) is 18.3. The topological polar surface area (TPSA) is 32.3 Å². The molecule has 3 rings (SSSR count). The van der Waals surface area contributed by atoms with Crippen LogP contribution in [0.1, 0.15) is 11.1 Å². The summed E-state index contributed by atoms with van der Waals surface area (Å²) >= 11 is 2.56. The summed E-state index contributed by atoms with van der Waals surface area (Å²) in [4.78, 5) is 0. The summed E-state index contributed by atoms with van der Waals surface area (Å²) < 4.78 is 149. The second-order valence-electron chi connectivity index (χ2n) is 7.30. The van der Waals surface area contributed by atoms with Crippen LogP contribution in [0.3, 0.4) is 0 Å². The SMILES string of the molecule is [O-][N+]1(c2c(Br)cc(C(F)(C(F)(F)F)C(F)(F)C(F)(F)F)cc2OC(F)F)CC=Cc2ccccc21. The lowest BCUT2D eigenvalue weighted by Crippen LogP contribution is -2.59. The quantitative estimate of drug-likeness (QED) is 0.201. The highest BCUT2D eigenvalue weighted by Gasteiger charge is 2.82. The predicted molar refractivity (Wildman–Crippen MR) is 106 cm³/mol. The van der Waals surface area contributed by atoms with Gasteiger partial charge in [-0.1, -0.05) is 12.1 Å². The van der Waals surface area contributed by atoms with Gasteiger partial charge < -0.3 is 9.94 Å². The summed E-state index contributed by atoms with van der Waals surface area (Å²) in [6.45, 7) is -4.44. The number of para-hydroxylation sites is 1. The minimum Gasteiger partial charge on any atom is -0.621 e. The average Bonchev–Trinajstić information content (AvgIpc) is 2.70. The standard InChI is InChI=1S/C20H11BrF11NO2/c21-12-8-11(17(24,19(27,28)29)18(25,26)20(30,31)32)9-14(35-16(22)23)15(12)33(34)7-3-5-10-4-1-2-6-13(10)33/h1-6,8-9,16H,7H2. The number of rotatable bonds is 5. The van der Waals surface area contributed by atoms with Crippen molar-refractivity contribution in [3.8, 4) is 5.75 Å². The second-order valence-corrected chi connectivity index (χ2v) is 8.15. The minimum absolute atomic E-state index is 0.139. The van der Waals surface area contributed by atoms with Gasteiger partial charge in [0.2, 0.25) is 0 Å². The third-order valence-corrected chi connectivity index (χ3v) is 5.77. The molecule has 1 aliphatic rings. The van der Waals surface area contributed by atoms with Gasteiger partial charge in [0.25, 0.3) is 0 Å². The average molecular weight is 586 g/mol. The van der Waals surface area contributed by atoms with Gasteiger partial charge in [0, 0.05) is 17.2 Å². The number of hydrogen-bond acceptors (Lipinski definition) is 2. The molecule has 2 aromatic carbocycles. The highest BCUT2D eigenvalue weighted by atomic mass is 79.9. The van der Waals surface area contributed by atoms with E-state index in [0.29, 0.717) is 0 Å². The Balaban J connectivity index is 2.36. The van der Waals surface area contributed by atoms with Crippen molar-refractivity contribution < 1.29 is 53.0 Å². The molecule has 35 heavy (non-hydrogen) atoms. The molecule has 0 saturated heterocycles. The largest absolute Gasteiger partial charge is 0.621 e. The smallest absolute Gasteiger partial charge is 0.457 e. The molecule has 0 fully saturated rings. The lowest BCUT2D eigenvalue weighted by Gasteiger charge is -2.44. The fraction of sp³-hybridized carbons (Fsp3) is 0.300. The van der Waals surface area contributed by atoms with Crippen LogP contribution in [-0.4, -0.2) is 31.4 Å². The number of benzene rings is 2. The molecular weight excluding hydrogens is 575 g/mol. The first-order chi connectivity index (χ1) is 15.9. The first-order valence-electron chi connectivity index (χ1n) is 9.22. The van der Waals surface area contributed by atoms with E-state index in [1.54, 1.807) is 0 Å². The van der Waals surface area contributed by atoms with Crippen molar-refractivity contribution in [1.82, 2.24) is 4.65 Å². The second kappa shape index (κ2) is 8.62. The van der Waals surface area contributed by atoms with E-state index in [-0.39, 0.29) is 17.3 Å². The number of quaternary nitrogens is 1. The van der Waals surface area contributed by atoms with Crippen LogP contribution in [0, 0.1) is 5.21 Å². The van der Waals surface area contributed by atoms with E-state index in [4.69, 9.17) is 0 Å². The molecule has 192 valence electrons. The molecule has 2 unspecified atom stereocenters. The summed E-state index contributed by atoms with van der Waals surface area (Å²) in [6.07, 6.45) is -11.2. The van der Waals surface area contributed by atoms with Crippen molar-refractivity contribution in [1.29, 1.82) is 0 Å². The molecule has 1 aliphatic heterocycles. The van der Waals surface area contributed by atoms with Crippen LogP contribution in [0.25, 0.3) is 6.08 Å². The number of nitrogens with zero attached hydrogens (tertiary/aromatic N) is 1. The van der Waals surface area contributed by atoms with Gasteiger partial charge >= 0.3 is 30.6 Å². The molecule has 0 spiro atoms. The van der Waals surface area contributed by atoms with Crippen molar-refractivity contribution in [2.24, 2.45) is 0 Å². The van der Waals surface area contributed by atoms with Crippen LogP contribution in [-0.2, 0) is 5.67 Å². The van der Waals surface area contributed by atoms with Crippen LogP contribution in [0.2, 0.25) is 0 Å². The van der Waals surface area contributed by atoms with E-state index in [0.717, 1.165) is 0 Å². The van der Waals surface area contributed by atoms with Crippen LogP contribution < -0.4 is 9.38 Å². The summed E-state index contributed by atoms with van der Waals surface area (Å²) in [5.41, 5.74) is -9.65. The number of hydrogen-bond donors (Lipinski definition) is 0. The van der Waals surface area contributed by atoms with Crippen LogP contribution >= 0.6 is 15.9 Å². The van der Waals surface area contributed by atoms with E-state index >= 15 is 0 Å². The number of fused-ring (bicyclic) bond motifs is 1. The van der Waals surface area contributed by atoms with E-state index in [9.17, 15) is 53.5 Å². The van der Waals surface area contributed by atoms with E-state index in [2.05, 4.69) is 20.7 Å².